The summed E-state index contributed by atoms with van der Waals surface area (Å²) in [6.45, 7) is 0.0471. The molecule has 3 aromatic rings. The van der Waals surface area contributed by atoms with Crippen molar-refractivity contribution >= 4 is 21.8 Å². The Hall–Kier alpha value is -3.69. The van der Waals surface area contributed by atoms with E-state index in [9.17, 15) is 18.0 Å². The minimum absolute atomic E-state index is 0.00914. The number of carbonyl (C=O) groups excluding carboxylic acids is 2. The Bertz CT molecular complexity index is 1180. The number of sulfonamides is 1. The summed E-state index contributed by atoms with van der Waals surface area (Å²) < 4.78 is 32.4. The highest BCUT2D eigenvalue weighted by atomic mass is 32.2. The number of nitrogens with one attached hydrogen (secondary N) is 3. The monoisotopic (exact) mass is 481 g/mol. The molecule has 0 saturated heterocycles. The van der Waals surface area contributed by atoms with Crippen molar-refractivity contribution in [2.24, 2.45) is 0 Å². The van der Waals surface area contributed by atoms with Crippen LogP contribution in [-0.2, 0) is 21.2 Å². The van der Waals surface area contributed by atoms with Gasteiger partial charge in [-0.3, -0.25) is 9.59 Å². The molecule has 0 aliphatic rings. The van der Waals surface area contributed by atoms with Gasteiger partial charge in [-0.25, -0.2) is 13.1 Å². The molecule has 0 spiro atoms. The second-order valence-corrected chi connectivity index (χ2v) is 9.21. The third kappa shape index (κ3) is 7.16. The third-order valence-corrected chi connectivity index (χ3v) is 6.50. The molecule has 0 aliphatic carbocycles. The van der Waals surface area contributed by atoms with E-state index in [1.54, 1.807) is 42.5 Å². The topological polar surface area (TPSA) is 114 Å². The van der Waals surface area contributed by atoms with Crippen molar-refractivity contribution in [2.75, 3.05) is 20.2 Å². The van der Waals surface area contributed by atoms with Gasteiger partial charge in [-0.1, -0.05) is 48.5 Å². The van der Waals surface area contributed by atoms with Crippen LogP contribution < -0.4 is 20.1 Å². The molecule has 3 rings (SSSR count). The number of benzene rings is 3. The molecule has 0 radical (unpaired) electrons. The summed E-state index contributed by atoms with van der Waals surface area (Å²) in [5.41, 5.74) is 1.33. The van der Waals surface area contributed by atoms with Crippen LogP contribution in [0.5, 0.6) is 5.75 Å². The highest BCUT2D eigenvalue weighted by Crippen LogP contribution is 2.15. The van der Waals surface area contributed by atoms with Crippen molar-refractivity contribution in [3.05, 3.63) is 96.1 Å². The second-order valence-electron chi connectivity index (χ2n) is 7.45. The summed E-state index contributed by atoms with van der Waals surface area (Å²) >= 11 is 0. The average molecular weight is 482 g/mol. The predicted octanol–water partition coefficient (Wildman–Crippen LogP) is 2.13. The molecular weight excluding hydrogens is 454 g/mol. The van der Waals surface area contributed by atoms with Gasteiger partial charge in [-0.05, 0) is 42.0 Å². The van der Waals surface area contributed by atoms with E-state index in [2.05, 4.69) is 15.4 Å². The summed E-state index contributed by atoms with van der Waals surface area (Å²) in [6.07, 6.45) is 0.294. The summed E-state index contributed by atoms with van der Waals surface area (Å²) in [5.74, 6) is -0.220. The Labute approximate surface area is 199 Å². The number of hydrogen-bond donors (Lipinski definition) is 3. The van der Waals surface area contributed by atoms with Gasteiger partial charge >= 0.3 is 0 Å². The normalized spacial score (nSPS) is 11.9. The summed E-state index contributed by atoms with van der Waals surface area (Å²) in [5, 5.41) is 5.48. The van der Waals surface area contributed by atoms with Crippen molar-refractivity contribution in [3.63, 3.8) is 0 Å². The molecule has 0 bridgehead atoms. The fraction of sp³-hybridized carbons (Fsp3) is 0.200. The largest absolute Gasteiger partial charge is 0.497 e. The fourth-order valence-electron chi connectivity index (χ4n) is 3.22. The van der Waals surface area contributed by atoms with Crippen LogP contribution in [0.2, 0.25) is 0 Å². The maximum Gasteiger partial charge on any atom is 0.251 e. The first-order valence-electron chi connectivity index (χ1n) is 10.7. The van der Waals surface area contributed by atoms with E-state index >= 15 is 0 Å². The Morgan fingerprint density at radius 1 is 0.853 bits per heavy atom. The second kappa shape index (κ2) is 12.0. The highest BCUT2D eigenvalue weighted by Gasteiger charge is 2.22. The van der Waals surface area contributed by atoms with E-state index in [1.807, 2.05) is 30.3 Å². The number of hydrogen-bond acceptors (Lipinski definition) is 5. The first-order chi connectivity index (χ1) is 16.4. The number of ether oxygens (including phenoxy) is 1. The molecular formula is C25H27N3O5S. The van der Waals surface area contributed by atoms with E-state index in [4.69, 9.17) is 4.74 Å². The van der Waals surface area contributed by atoms with Crippen LogP contribution in [0.1, 0.15) is 15.9 Å². The first-order valence-corrected chi connectivity index (χ1v) is 12.2. The quantitative estimate of drug-likeness (QED) is 0.363. The molecule has 34 heavy (non-hydrogen) atoms. The zero-order valence-corrected chi connectivity index (χ0v) is 19.5. The summed E-state index contributed by atoms with van der Waals surface area (Å²) in [7, 11) is -2.24. The Kier molecular flexibility index (Phi) is 8.78. The van der Waals surface area contributed by atoms with Crippen molar-refractivity contribution < 1.29 is 22.7 Å². The van der Waals surface area contributed by atoms with Crippen LogP contribution in [0.15, 0.2) is 89.8 Å². The molecule has 3 aromatic carbocycles. The molecule has 3 N–H and O–H groups in total. The molecule has 8 nitrogen and oxygen atoms in total. The zero-order valence-electron chi connectivity index (χ0n) is 18.7. The van der Waals surface area contributed by atoms with Gasteiger partial charge < -0.3 is 15.4 Å². The van der Waals surface area contributed by atoms with E-state index < -0.39 is 22.0 Å². The molecule has 178 valence electrons. The molecule has 0 fully saturated rings. The van der Waals surface area contributed by atoms with Crippen LogP contribution in [0.3, 0.4) is 0 Å². The number of rotatable bonds is 11. The van der Waals surface area contributed by atoms with E-state index in [-0.39, 0.29) is 23.9 Å². The first kappa shape index (κ1) is 24.9. The molecule has 0 saturated carbocycles. The third-order valence-electron chi connectivity index (χ3n) is 5.03. The smallest absolute Gasteiger partial charge is 0.251 e. The van der Waals surface area contributed by atoms with Gasteiger partial charge in [0.05, 0.1) is 12.0 Å². The van der Waals surface area contributed by atoms with Gasteiger partial charge in [0.15, 0.2) is 0 Å². The lowest BCUT2D eigenvalue weighted by Crippen LogP contribution is -2.49. The standard InChI is InChI=1S/C25H27N3O5S/c1-33-21-12-14-22(15-13-21)34(31,32)27-17-16-26-25(30)23(18-19-8-4-2-5-9-19)28-24(29)20-10-6-3-7-11-20/h2-15,23,27H,16-18H2,1H3,(H,26,30)(H,28,29). The molecule has 0 heterocycles. The van der Waals surface area contributed by atoms with E-state index in [0.29, 0.717) is 17.7 Å². The molecule has 9 heteroatoms. The van der Waals surface area contributed by atoms with Crippen molar-refractivity contribution in [1.82, 2.24) is 15.4 Å². The Morgan fingerprint density at radius 2 is 1.47 bits per heavy atom. The molecule has 0 aliphatic heterocycles. The number of carbonyl (C=O) groups is 2. The zero-order chi connectivity index (χ0) is 24.4. The summed E-state index contributed by atoms with van der Waals surface area (Å²) in [4.78, 5) is 25.6. The van der Waals surface area contributed by atoms with Crippen molar-refractivity contribution in [1.29, 1.82) is 0 Å². The van der Waals surface area contributed by atoms with Crippen molar-refractivity contribution in [2.45, 2.75) is 17.4 Å². The van der Waals surface area contributed by atoms with Gasteiger partial charge in [-0.15, -0.1) is 0 Å². The maximum absolute atomic E-state index is 12.9. The van der Waals surface area contributed by atoms with Gasteiger partial charge in [0, 0.05) is 25.1 Å². The van der Waals surface area contributed by atoms with Crippen LogP contribution in [0.25, 0.3) is 0 Å². The fourth-order valence-corrected chi connectivity index (χ4v) is 4.25. The van der Waals surface area contributed by atoms with Crippen LogP contribution in [-0.4, -0.2) is 46.5 Å². The molecule has 0 aromatic heterocycles. The maximum atomic E-state index is 12.9. The number of methoxy groups -OCH3 is 1. The summed E-state index contributed by atoms with van der Waals surface area (Å²) in [6, 6.07) is 23.1. The Balaban J connectivity index is 1.58. The van der Waals surface area contributed by atoms with Crippen LogP contribution in [0, 0.1) is 0 Å². The highest BCUT2D eigenvalue weighted by molar-refractivity contribution is 7.89. The lowest BCUT2D eigenvalue weighted by Gasteiger charge is -2.19. The Morgan fingerprint density at radius 3 is 2.09 bits per heavy atom. The van der Waals surface area contributed by atoms with E-state index in [1.165, 1.54) is 19.2 Å². The average Bonchev–Trinajstić information content (AvgIpc) is 2.87. The minimum Gasteiger partial charge on any atom is -0.497 e. The van der Waals surface area contributed by atoms with Gasteiger partial charge in [0.2, 0.25) is 15.9 Å². The van der Waals surface area contributed by atoms with Gasteiger partial charge in [-0.2, -0.15) is 0 Å². The van der Waals surface area contributed by atoms with Gasteiger partial charge in [0.25, 0.3) is 5.91 Å². The molecule has 2 amide bonds. The van der Waals surface area contributed by atoms with E-state index in [0.717, 1.165) is 5.56 Å². The van der Waals surface area contributed by atoms with Crippen LogP contribution >= 0.6 is 0 Å². The molecule has 1 unspecified atom stereocenters. The van der Waals surface area contributed by atoms with Gasteiger partial charge in [0.1, 0.15) is 11.8 Å². The lowest BCUT2D eigenvalue weighted by atomic mass is 10.0. The predicted molar refractivity (Wildman–Crippen MR) is 129 cm³/mol. The molecule has 1 atom stereocenters. The van der Waals surface area contributed by atoms with Crippen molar-refractivity contribution in [3.8, 4) is 5.75 Å². The van der Waals surface area contributed by atoms with Crippen LogP contribution in [0.4, 0.5) is 0 Å². The lowest BCUT2D eigenvalue weighted by molar-refractivity contribution is -0.122. The SMILES string of the molecule is COc1ccc(S(=O)(=O)NCCNC(=O)C(Cc2ccccc2)NC(=O)c2ccccc2)cc1. The number of amides is 2. The minimum atomic E-state index is -3.73.